The van der Waals surface area contributed by atoms with E-state index < -0.39 is 5.63 Å². The zero-order valence-corrected chi connectivity index (χ0v) is 18.1. The van der Waals surface area contributed by atoms with Gasteiger partial charge in [0.25, 0.3) is 5.56 Å². The van der Waals surface area contributed by atoms with Crippen LogP contribution in [0.2, 0.25) is 0 Å². The van der Waals surface area contributed by atoms with E-state index in [-0.39, 0.29) is 5.56 Å². The van der Waals surface area contributed by atoms with Crippen molar-refractivity contribution in [2.24, 2.45) is 0 Å². The Bertz CT molecular complexity index is 1810. The Kier molecular flexibility index (Phi) is 4.04. The van der Waals surface area contributed by atoms with Crippen molar-refractivity contribution in [3.05, 3.63) is 86.2 Å². The second kappa shape index (κ2) is 6.81. The summed E-state index contributed by atoms with van der Waals surface area (Å²) in [5.74, 6) is 0. The van der Waals surface area contributed by atoms with Gasteiger partial charge in [0.1, 0.15) is 30.3 Å². The van der Waals surface area contributed by atoms with Crippen molar-refractivity contribution in [2.75, 3.05) is 0 Å². The molecular weight excluding hydrogens is 450 g/mol. The molecule has 0 radical (unpaired) electrons. The maximum Gasteiger partial charge on any atom is 0.346 e. The van der Waals surface area contributed by atoms with E-state index >= 15 is 0 Å². The molecule has 6 nitrogen and oxygen atoms in total. The monoisotopic (exact) mass is 461 g/mol. The summed E-state index contributed by atoms with van der Waals surface area (Å²) >= 11 is 8.20. The standard InChI is InChI=1S/C22H11N3O3S3/c26-19-15-16-21(31-18(15)24-22(29)25(19)12-7-2-1-3-8-12)30-17(23-16)13-10-11-6-4-5-9-14(11)28-20(13)27/h1-10H,(H,24,29). The van der Waals surface area contributed by atoms with Gasteiger partial charge in [-0.05, 0) is 36.5 Å². The molecule has 2 aromatic carbocycles. The first-order chi connectivity index (χ1) is 15.1. The van der Waals surface area contributed by atoms with Crippen LogP contribution >= 0.6 is 34.9 Å². The molecule has 4 aromatic heterocycles. The number of H-pyrrole nitrogens is 1. The molecule has 0 unspecified atom stereocenters. The lowest BCUT2D eigenvalue weighted by molar-refractivity contribution is 0.563. The molecule has 0 aliphatic heterocycles. The molecule has 0 aliphatic rings. The lowest BCUT2D eigenvalue weighted by atomic mass is 10.2. The number of para-hydroxylation sites is 2. The van der Waals surface area contributed by atoms with E-state index in [1.54, 1.807) is 12.1 Å². The molecule has 0 saturated carbocycles. The highest BCUT2D eigenvalue weighted by Crippen LogP contribution is 2.38. The van der Waals surface area contributed by atoms with E-state index in [1.807, 2.05) is 48.5 Å². The molecule has 0 aliphatic carbocycles. The predicted molar refractivity (Wildman–Crippen MR) is 127 cm³/mol. The molecule has 150 valence electrons. The lowest BCUT2D eigenvalue weighted by Crippen LogP contribution is -2.19. The van der Waals surface area contributed by atoms with E-state index in [9.17, 15) is 9.59 Å². The molecule has 6 aromatic rings. The van der Waals surface area contributed by atoms with E-state index in [4.69, 9.17) is 16.6 Å². The van der Waals surface area contributed by atoms with Crippen LogP contribution in [0.1, 0.15) is 0 Å². The van der Waals surface area contributed by atoms with Crippen molar-refractivity contribution in [1.29, 1.82) is 0 Å². The van der Waals surface area contributed by atoms with Crippen LogP contribution in [-0.4, -0.2) is 14.5 Å². The fourth-order valence-corrected chi connectivity index (χ4v) is 6.25. The number of thiophene rings is 1. The number of thiazole rings is 1. The molecule has 0 spiro atoms. The largest absolute Gasteiger partial charge is 0.422 e. The van der Waals surface area contributed by atoms with E-state index in [0.717, 1.165) is 9.40 Å². The average molecular weight is 462 g/mol. The van der Waals surface area contributed by atoms with Gasteiger partial charge in [-0.2, -0.15) is 0 Å². The van der Waals surface area contributed by atoms with Crippen LogP contribution in [0.25, 0.3) is 47.0 Å². The molecule has 31 heavy (non-hydrogen) atoms. The first-order valence-electron chi connectivity index (χ1n) is 9.27. The van der Waals surface area contributed by atoms with Gasteiger partial charge in [-0.25, -0.2) is 9.78 Å². The highest BCUT2D eigenvalue weighted by atomic mass is 32.2. The zero-order valence-electron chi connectivity index (χ0n) is 15.6. The Morgan fingerprint density at radius 2 is 1.77 bits per heavy atom. The number of aromatic nitrogens is 3. The van der Waals surface area contributed by atoms with Crippen LogP contribution in [0, 0.1) is 4.77 Å². The topological polar surface area (TPSA) is 80.9 Å². The maximum absolute atomic E-state index is 13.4. The normalized spacial score (nSPS) is 11.6. The summed E-state index contributed by atoms with van der Waals surface area (Å²) in [6, 6.07) is 18.3. The first-order valence-corrected chi connectivity index (χ1v) is 11.3. The molecule has 1 N–H and O–H groups in total. The van der Waals surface area contributed by atoms with Crippen LogP contribution in [0.15, 0.2) is 74.7 Å². The molecule has 0 saturated heterocycles. The van der Waals surface area contributed by atoms with Gasteiger partial charge in [-0.1, -0.05) is 36.4 Å². The maximum atomic E-state index is 13.4. The Morgan fingerprint density at radius 3 is 2.61 bits per heavy atom. The van der Waals surface area contributed by atoms with Crippen molar-refractivity contribution in [3.8, 4) is 16.3 Å². The summed E-state index contributed by atoms with van der Waals surface area (Å²) in [5.41, 5.74) is 1.46. The third-order valence-electron chi connectivity index (χ3n) is 4.98. The second-order valence-corrected chi connectivity index (χ2v) is 9.52. The Morgan fingerprint density at radius 1 is 1.00 bits per heavy atom. The van der Waals surface area contributed by atoms with E-state index in [1.165, 1.54) is 27.2 Å². The lowest BCUT2D eigenvalue weighted by Gasteiger charge is -2.05. The summed E-state index contributed by atoms with van der Waals surface area (Å²) in [5, 5.41) is 1.80. The minimum absolute atomic E-state index is 0.237. The number of aromatic amines is 1. The van der Waals surface area contributed by atoms with Gasteiger partial charge >= 0.3 is 5.63 Å². The smallest absolute Gasteiger partial charge is 0.346 e. The molecule has 6 rings (SSSR count). The average Bonchev–Trinajstić information content (AvgIpc) is 3.31. The van der Waals surface area contributed by atoms with E-state index in [2.05, 4.69) is 9.97 Å². The summed E-state index contributed by atoms with van der Waals surface area (Å²) < 4.78 is 8.08. The highest BCUT2D eigenvalue weighted by Gasteiger charge is 2.20. The third kappa shape index (κ3) is 2.82. The molecule has 0 bridgehead atoms. The Labute approximate surface area is 186 Å². The van der Waals surface area contributed by atoms with Crippen molar-refractivity contribution in [3.63, 3.8) is 0 Å². The molecule has 0 fully saturated rings. The van der Waals surface area contributed by atoms with Gasteiger partial charge in [0.2, 0.25) is 0 Å². The molecule has 0 atom stereocenters. The quantitative estimate of drug-likeness (QED) is 0.272. The highest BCUT2D eigenvalue weighted by molar-refractivity contribution is 7.71. The number of hydrogen-bond donors (Lipinski definition) is 1. The number of hydrogen-bond acceptors (Lipinski definition) is 7. The Balaban J connectivity index is 1.62. The number of fused-ring (bicyclic) bond motifs is 4. The van der Waals surface area contributed by atoms with Crippen molar-refractivity contribution < 1.29 is 4.42 Å². The summed E-state index contributed by atoms with van der Waals surface area (Å²) in [6.07, 6.45) is 0. The van der Waals surface area contributed by atoms with Crippen LogP contribution in [0.4, 0.5) is 0 Å². The molecule has 4 heterocycles. The van der Waals surface area contributed by atoms with Gasteiger partial charge < -0.3 is 9.40 Å². The fraction of sp³-hybridized carbons (Fsp3) is 0. The van der Waals surface area contributed by atoms with Gasteiger partial charge in [-0.3, -0.25) is 9.36 Å². The van der Waals surface area contributed by atoms with Crippen LogP contribution in [0.3, 0.4) is 0 Å². The van der Waals surface area contributed by atoms with Gasteiger partial charge in [0, 0.05) is 5.39 Å². The summed E-state index contributed by atoms with van der Waals surface area (Å²) in [4.78, 5) is 34.4. The minimum atomic E-state index is -0.453. The Hall–Kier alpha value is -3.40. The van der Waals surface area contributed by atoms with Crippen molar-refractivity contribution >= 4 is 65.6 Å². The van der Waals surface area contributed by atoms with Crippen LogP contribution in [0.5, 0.6) is 0 Å². The second-order valence-electron chi connectivity index (χ2n) is 6.85. The van der Waals surface area contributed by atoms with E-state index in [0.29, 0.717) is 42.3 Å². The van der Waals surface area contributed by atoms with Gasteiger partial charge in [0.15, 0.2) is 4.77 Å². The number of benzene rings is 2. The van der Waals surface area contributed by atoms with Crippen molar-refractivity contribution in [1.82, 2.24) is 14.5 Å². The fourth-order valence-electron chi connectivity index (χ4n) is 3.57. The SMILES string of the molecule is O=c1oc2ccccc2cc1-c1nc2c(s1)sc1[nH]c(=S)n(-c3ccccc3)c(=O)c12. The van der Waals surface area contributed by atoms with Gasteiger partial charge in [0.05, 0.1) is 11.3 Å². The first kappa shape index (κ1) is 18.4. The van der Waals surface area contributed by atoms with Crippen molar-refractivity contribution in [2.45, 2.75) is 0 Å². The molecule has 0 amide bonds. The number of rotatable bonds is 2. The third-order valence-corrected chi connectivity index (χ3v) is 7.54. The number of nitrogens with one attached hydrogen (secondary N) is 1. The minimum Gasteiger partial charge on any atom is -0.422 e. The van der Waals surface area contributed by atoms with Crippen LogP contribution < -0.4 is 11.2 Å². The van der Waals surface area contributed by atoms with Gasteiger partial charge in [-0.15, -0.1) is 22.7 Å². The predicted octanol–water partition coefficient (Wildman–Crippen LogP) is 5.49. The summed E-state index contributed by atoms with van der Waals surface area (Å²) in [6.45, 7) is 0. The molecule has 9 heteroatoms. The zero-order chi connectivity index (χ0) is 21.1. The molecular formula is C22H11N3O3S3. The number of nitrogens with zero attached hydrogens (tertiary/aromatic N) is 2. The summed E-state index contributed by atoms with van der Waals surface area (Å²) in [7, 11) is 0. The van der Waals surface area contributed by atoms with Crippen LogP contribution in [-0.2, 0) is 0 Å².